The number of aromatic hydroxyl groups is 1. The normalized spacial score (nSPS) is 16.0. The maximum Gasteiger partial charge on any atom is 0.116 e. The second-order valence-corrected chi connectivity index (χ2v) is 4.77. The molecule has 0 bridgehead atoms. The Bertz CT molecular complexity index is 531. The molecule has 2 heteroatoms. The standard InChI is InChI=1S/C15H17NO/c17-14-5-6-15-12(3-1-4-13(15)11-14)7-10-16-8-2-9-16/h1,3-6,11,17H,2,7-10H2. The van der Waals surface area contributed by atoms with Crippen LogP contribution in [0.4, 0.5) is 0 Å². The van der Waals surface area contributed by atoms with Gasteiger partial charge in [0.25, 0.3) is 0 Å². The number of rotatable bonds is 3. The molecule has 0 saturated carbocycles. The van der Waals surface area contributed by atoms with Gasteiger partial charge in [0.2, 0.25) is 0 Å². The largest absolute Gasteiger partial charge is 0.508 e. The first kappa shape index (κ1) is 10.6. The van der Waals surface area contributed by atoms with Crippen LogP contribution in [0.25, 0.3) is 10.8 Å². The van der Waals surface area contributed by atoms with E-state index in [-0.39, 0.29) is 0 Å². The smallest absolute Gasteiger partial charge is 0.116 e. The lowest BCUT2D eigenvalue weighted by atomic mass is 10.0. The van der Waals surface area contributed by atoms with Gasteiger partial charge >= 0.3 is 0 Å². The predicted molar refractivity (Wildman–Crippen MR) is 70.4 cm³/mol. The van der Waals surface area contributed by atoms with Gasteiger partial charge in [-0.15, -0.1) is 0 Å². The number of benzene rings is 2. The maximum absolute atomic E-state index is 9.48. The topological polar surface area (TPSA) is 23.5 Å². The lowest BCUT2D eigenvalue weighted by Crippen LogP contribution is -2.38. The average Bonchev–Trinajstić information content (AvgIpc) is 2.26. The number of hydrogen-bond acceptors (Lipinski definition) is 2. The predicted octanol–water partition coefficient (Wildman–Crippen LogP) is 2.79. The third kappa shape index (κ3) is 2.13. The summed E-state index contributed by atoms with van der Waals surface area (Å²) in [5, 5.41) is 11.9. The van der Waals surface area contributed by atoms with E-state index in [1.165, 1.54) is 30.5 Å². The summed E-state index contributed by atoms with van der Waals surface area (Å²) in [6.07, 6.45) is 2.45. The van der Waals surface area contributed by atoms with Crippen molar-refractivity contribution in [2.24, 2.45) is 0 Å². The zero-order valence-electron chi connectivity index (χ0n) is 9.89. The first-order valence-electron chi connectivity index (χ1n) is 6.26. The first-order chi connectivity index (χ1) is 8.33. The van der Waals surface area contributed by atoms with E-state index in [1.54, 1.807) is 6.07 Å². The molecule has 1 fully saturated rings. The fourth-order valence-corrected chi connectivity index (χ4v) is 2.44. The van der Waals surface area contributed by atoms with E-state index in [0.717, 1.165) is 18.4 Å². The third-order valence-electron chi connectivity index (χ3n) is 3.60. The fourth-order valence-electron chi connectivity index (χ4n) is 2.44. The van der Waals surface area contributed by atoms with Crippen molar-refractivity contribution in [3.63, 3.8) is 0 Å². The molecule has 0 radical (unpaired) electrons. The second-order valence-electron chi connectivity index (χ2n) is 4.77. The zero-order valence-corrected chi connectivity index (χ0v) is 9.89. The van der Waals surface area contributed by atoms with E-state index in [9.17, 15) is 5.11 Å². The molecule has 1 N–H and O–H groups in total. The van der Waals surface area contributed by atoms with Crippen LogP contribution in [-0.4, -0.2) is 29.6 Å². The Kier molecular flexibility index (Phi) is 2.73. The Labute approximate surface area is 101 Å². The minimum atomic E-state index is 0.345. The molecule has 1 aliphatic rings. The monoisotopic (exact) mass is 227 g/mol. The summed E-state index contributed by atoms with van der Waals surface area (Å²) in [4.78, 5) is 2.49. The molecule has 88 valence electrons. The quantitative estimate of drug-likeness (QED) is 0.871. The van der Waals surface area contributed by atoms with E-state index < -0.39 is 0 Å². The van der Waals surface area contributed by atoms with Crippen LogP contribution in [0, 0.1) is 0 Å². The Morgan fingerprint density at radius 1 is 1.12 bits per heavy atom. The number of likely N-dealkylation sites (tertiary alicyclic amines) is 1. The van der Waals surface area contributed by atoms with E-state index in [1.807, 2.05) is 12.1 Å². The van der Waals surface area contributed by atoms with Crippen molar-refractivity contribution in [1.82, 2.24) is 4.90 Å². The maximum atomic E-state index is 9.48. The van der Waals surface area contributed by atoms with Crippen LogP contribution < -0.4 is 0 Å². The zero-order chi connectivity index (χ0) is 11.7. The fraction of sp³-hybridized carbons (Fsp3) is 0.333. The molecule has 2 aromatic carbocycles. The highest BCUT2D eigenvalue weighted by Crippen LogP contribution is 2.23. The van der Waals surface area contributed by atoms with Crippen LogP contribution in [0.15, 0.2) is 36.4 Å². The highest BCUT2D eigenvalue weighted by atomic mass is 16.3. The van der Waals surface area contributed by atoms with Crippen molar-refractivity contribution in [2.45, 2.75) is 12.8 Å². The number of nitrogens with zero attached hydrogens (tertiary/aromatic N) is 1. The summed E-state index contributed by atoms with van der Waals surface area (Å²) < 4.78 is 0. The van der Waals surface area contributed by atoms with Crippen molar-refractivity contribution >= 4 is 10.8 Å². The minimum absolute atomic E-state index is 0.345. The van der Waals surface area contributed by atoms with E-state index in [4.69, 9.17) is 0 Å². The van der Waals surface area contributed by atoms with E-state index in [2.05, 4.69) is 23.1 Å². The summed E-state index contributed by atoms with van der Waals surface area (Å²) in [6.45, 7) is 3.66. The van der Waals surface area contributed by atoms with Gasteiger partial charge in [0.15, 0.2) is 0 Å². The van der Waals surface area contributed by atoms with Crippen molar-refractivity contribution in [1.29, 1.82) is 0 Å². The second kappa shape index (κ2) is 4.38. The molecule has 0 aliphatic carbocycles. The SMILES string of the molecule is Oc1ccc2c(CCN3CCC3)cccc2c1. The average molecular weight is 227 g/mol. The first-order valence-corrected chi connectivity index (χ1v) is 6.26. The number of fused-ring (bicyclic) bond motifs is 1. The third-order valence-corrected chi connectivity index (χ3v) is 3.60. The Morgan fingerprint density at radius 3 is 2.76 bits per heavy atom. The van der Waals surface area contributed by atoms with Gasteiger partial charge in [0, 0.05) is 6.54 Å². The van der Waals surface area contributed by atoms with Crippen molar-refractivity contribution in [3.05, 3.63) is 42.0 Å². The van der Waals surface area contributed by atoms with Gasteiger partial charge in [-0.3, -0.25) is 0 Å². The van der Waals surface area contributed by atoms with Crippen LogP contribution >= 0.6 is 0 Å². The van der Waals surface area contributed by atoms with Crippen LogP contribution in [0.5, 0.6) is 5.75 Å². The molecule has 3 rings (SSSR count). The lowest BCUT2D eigenvalue weighted by Gasteiger charge is -2.30. The van der Waals surface area contributed by atoms with Gasteiger partial charge in [-0.2, -0.15) is 0 Å². The molecule has 0 atom stereocenters. The molecular weight excluding hydrogens is 210 g/mol. The summed E-state index contributed by atoms with van der Waals surface area (Å²) in [5.41, 5.74) is 1.38. The van der Waals surface area contributed by atoms with Crippen LogP contribution in [0.3, 0.4) is 0 Å². The molecular formula is C15H17NO. The van der Waals surface area contributed by atoms with Crippen molar-refractivity contribution < 1.29 is 5.11 Å². The Morgan fingerprint density at radius 2 is 2.00 bits per heavy atom. The molecule has 1 saturated heterocycles. The van der Waals surface area contributed by atoms with Crippen molar-refractivity contribution in [2.75, 3.05) is 19.6 Å². The van der Waals surface area contributed by atoms with Gasteiger partial charge in [0.05, 0.1) is 0 Å². The summed E-state index contributed by atoms with van der Waals surface area (Å²) >= 11 is 0. The molecule has 1 aliphatic heterocycles. The highest BCUT2D eigenvalue weighted by molar-refractivity contribution is 5.86. The van der Waals surface area contributed by atoms with Gasteiger partial charge < -0.3 is 10.0 Å². The number of phenolic OH excluding ortho intramolecular Hbond substituents is 1. The number of phenols is 1. The molecule has 0 aromatic heterocycles. The van der Waals surface area contributed by atoms with E-state index in [0.29, 0.717) is 5.75 Å². The molecule has 0 amide bonds. The van der Waals surface area contributed by atoms with Crippen LogP contribution in [0.1, 0.15) is 12.0 Å². The molecule has 1 heterocycles. The minimum Gasteiger partial charge on any atom is -0.508 e. The molecule has 0 spiro atoms. The molecule has 2 nitrogen and oxygen atoms in total. The van der Waals surface area contributed by atoms with E-state index >= 15 is 0 Å². The summed E-state index contributed by atoms with van der Waals surface area (Å²) in [6, 6.07) is 12.0. The lowest BCUT2D eigenvalue weighted by molar-refractivity contribution is 0.184. The summed E-state index contributed by atoms with van der Waals surface area (Å²) in [5.74, 6) is 0.345. The van der Waals surface area contributed by atoms with Gasteiger partial charge in [-0.05, 0) is 54.4 Å². The van der Waals surface area contributed by atoms with Crippen molar-refractivity contribution in [3.8, 4) is 5.75 Å². The van der Waals surface area contributed by atoms with Gasteiger partial charge in [-0.1, -0.05) is 24.3 Å². The highest BCUT2D eigenvalue weighted by Gasteiger charge is 2.13. The van der Waals surface area contributed by atoms with Crippen LogP contribution in [-0.2, 0) is 6.42 Å². The molecule has 2 aromatic rings. The Hall–Kier alpha value is -1.54. The van der Waals surface area contributed by atoms with Crippen LogP contribution in [0.2, 0.25) is 0 Å². The summed E-state index contributed by atoms with van der Waals surface area (Å²) in [7, 11) is 0. The van der Waals surface area contributed by atoms with Gasteiger partial charge in [0.1, 0.15) is 5.75 Å². The van der Waals surface area contributed by atoms with Gasteiger partial charge in [-0.25, -0.2) is 0 Å². The Balaban J connectivity index is 1.87. The molecule has 17 heavy (non-hydrogen) atoms. The molecule has 0 unspecified atom stereocenters. The number of hydrogen-bond donors (Lipinski definition) is 1.